The van der Waals surface area contributed by atoms with Crippen molar-refractivity contribution in [3.8, 4) is 11.1 Å². The number of nitrogen functional groups attached to an aromatic ring is 1. The van der Waals surface area contributed by atoms with Crippen LogP contribution >= 0.6 is 0 Å². The van der Waals surface area contributed by atoms with Crippen molar-refractivity contribution in [2.45, 2.75) is 19.4 Å². The van der Waals surface area contributed by atoms with Crippen molar-refractivity contribution in [3.05, 3.63) is 89.6 Å². The molecular formula is C27H25N3O2. The molecule has 3 aromatic carbocycles. The number of nitrogens with zero attached hydrogens (tertiary/aromatic N) is 2. The van der Waals surface area contributed by atoms with E-state index in [9.17, 15) is 4.79 Å². The summed E-state index contributed by atoms with van der Waals surface area (Å²) in [7, 11) is 1.43. The van der Waals surface area contributed by atoms with Crippen molar-refractivity contribution in [1.29, 1.82) is 0 Å². The Morgan fingerprint density at radius 2 is 1.88 bits per heavy atom. The maximum atomic E-state index is 11.9. The van der Waals surface area contributed by atoms with Gasteiger partial charge in [0, 0.05) is 30.4 Å². The minimum absolute atomic E-state index is 0.216. The van der Waals surface area contributed by atoms with E-state index in [0.29, 0.717) is 12.2 Å². The highest BCUT2D eigenvalue weighted by Gasteiger charge is 2.21. The first kappa shape index (κ1) is 20.1. The molecule has 4 aromatic rings. The number of carbonyl (C=O) groups is 1. The summed E-state index contributed by atoms with van der Waals surface area (Å²) in [5.41, 5.74) is 13.2. The van der Waals surface area contributed by atoms with Crippen molar-refractivity contribution in [2.24, 2.45) is 0 Å². The first-order chi connectivity index (χ1) is 15.6. The van der Waals surface area contributed by atoms with Gasteiger partial charge in [-0.3, -0.25) is 4.79 Å². The lowest BCUT2D eigenvalue weighted by molar-refractivity contribution is -0.139. The number of methoxy groups -OCH3 is 1. The van der Waals surface area contributed by atoms with Crippen LogP contribution in [-0.4, -0.2) is 24.6 Å². The lowest BCUT2D eigenvalue weighted by Gasteiger charge is -2.22. The summed E-state index contributed by atoms with van der Waals surface area (Å²) in [5, 5.41) is 2.08. The van der Waals surface area contributed by atoms with Gasteiger partial charge in [-0.15, -0.1) is 0 Å². The van der Waals surface area contributed by atoms with Gasteiger partial charge in [-0.25, -0.2) is 4.98 Å². The third-order valence-electron chi connectivity index (χ3n) is 6.27. The zero-order valence-electron chi connectivity index (χ0n) is 18.0. The normalized spacial score (nSPS) is 12.7. The number of ether oxygens (including phenoxy) is 1. The zero-order valence-corrected chi connectivity index (χ0v) is 18.0. The van der Waals surface area contributed by atoms with Gasteiger partial charge in [0.1, 0.15) is 5.82 Å². The number of hydrogen-bond acceptors (Lipinski definition) is 5. The molecular weight excluding hydrogens is 398 g/mol. The summed E-state index contributed by atoms with van der Waals surface area (Å²) in [6.45, 7) is 1.72. The molecule has 0 fully saturated rings. The number of pyridine rings is 1. The van der Waals surface area contributed by atoms with Crippen molar-refractivity contribution in [1.82, 2.24) is 4.98 Å². The third kappa shape index (κ3) is 3.66. The molecule has 0 radical (unpaired) electrons. The van der Waals surface area contributed by atoms with E-state index in [1.807, 2.05) is 36.4 Å². The summed E-state index contributed by atoms with van der Waals surface area (Å²) < 4.78 is 4.88. The van der Waals surface area contributed by atoms with Gasteiger partial charge in [0.15, 0.2) is 0 Å². The van der Waals surface area contributed by atoms with E-state index in [4.69, 9.17) is 10.5 Å². The second-order valence-electron chi connectivity index (χ2n) is 8.13. The highest BCUT2D eigenvalue weighted by Crippen LogP contribution is 2.37. The number of aromatic nitrogens is 1. The Hall–Kier alpha value is -3.86. The van der Waals surface area contributed by atoms with E-state index in [1.54, 1.807) is 6.20 Å². The molecule has 0 aliphatic carbocycles. The van der Waals surface area contributed by atoms with Crippen LogP contribution in [0.1, 0.15) is 16.7 Å². The minimum atomic E-state index is -0.216. The Morgan fingerprint density at radius 3 is 2.72 bits per heavy atom. The SMILES string of the molecule is COC(=O)Cc1ccccc1CN1CCc2ccc(-c3cccc4c(N)nccc34)cc21. The van der Waals surface area contributed by atoms with Crippen LogP contribution in [0.4, 0.5) is 11.5 Å². The van der Waals surface area contributed by atoms with E-state index in [1.165, 1.54) is 18.4 Å². The maximum Gasteiger partial charge on any atom is 0.309 e. The van der Waals surface area contributed by atoms with Gasteiger partial charge < -0.3 is 15.4 Å². The molecule has 2 N–H and O–H groups in total. The van der Waals surface area contributed by atoms with Crippen LogP contribution in [0.25, 0.3) is 21.9 Å². The van der Waals surface area contributed by atoms with Crippen LogP contribution in [0, 0.1) is 0 Å². The third-order valence-corrected chi connectivity index (χ3v) is 6.27. The standard InChI is InChI=1S/C27H25N3O2/c1-32-26(31)16-19-5-2-3-6-21(19)17-30-14-12-18-9-10-20(15-25(18)30)22-7-4-8-24-23(22)11-13-29-27(24)28/h2-11,13,15H,12,14,16-17H2,1H3,(H2,28,29). The van der Waals surface area contributed by atoms with Crippen LogP contribution in [0.5, 0.6) is 0 Å². The van der Waals surface area contributed by atoms with Gasteiger partial charge in [0.25, 0.3) is 0 Å². The predicted octanol–water partition coefficient (Wildman–Crippen LogP) is 4.76. The average Bonchev–Trinajstić information content (AvgIpc) is 3.22. The zero-order chi connectivity index (χ0) is 22.1. The molecule has 0 bridgehead atoms. The van der Waals surface area contributed by atoms with Crippen molar-refractivity contribution < 1.29 is 9.53 Å². The number of anilines is 2. The summed E-state index contributed by atoms with van der Waals surface area (Å²) in [5.74, 6) is 0.334. The fraction of sp³-hybridized carbons (Fsp3) is 0.185. The number of rotatable bonds is 5. The van der Waals surface area contributed by atoms with E-state index < -0.39 is 0 Å². The first-order valence-corrected chi connectivity index (χ1v) is 10.8. The van der Waals surface area contributed by atoms with E-state index in [2.05, 4.69) is 40.2 Å². The molecule has 0 unspecified atom stereocenters. The molecule has 0 amide bonds. The van der Waals surface area contributed by atoms with Gasteiger partial charge in [0.05, 0.1) is 13.5 Å². The summed E-state index contributed by atoms with van der Waals surface area (Å²) in [6.07, 6.45) is 3.07. The number of carbonyl (C=O) groups excluding carboxylic acids is 1. The Kier molecular flexibility index (Phi) is 5.23. The Bertz CT molecular complexity index is 1320. The van der Waals surface area contributed by atoms with Crippen molar-refractivity contribution in [3.63, 3.8) is 0 Å². The molecule has 0 saturated carbocycles. The molecule has 0 spiro atoms. The summed E-state index contributed by atoms with van der Waals surface area (Å²) in [4.78, 5) is 18.5. The fourth-order valence-corrected chi connectivity index (χ4v) is 4.58. The first-order valence-electron chi connectivity index (χ1n) is 10.8. The van der Waals surface area contributed by atoms with Gasteiger partial charge in [-0.1, -0.05) is 54.6 Å². The van der Waals surface area contributed by atoms with Crippen LogP contribution in [0.15, 0.2) is 72.9 Å². The van der Waals surface area contributed by atoms with E-state index in [-0.39, 0.29) is 5.97 Å². The lowest BCUT2D eigenvalue weighted by atomic mass is 9.97. The van der Waals surface area contributed by atoms with Gasteiger partial charge in [-0.05, 0) is 51.8 Å². The second kappa shape index (κ2) is 8.35. The number of hydrogen-bond donors (Lipinski definition) is 1. The quantitative estimate of drug-likeness (QED) is 0.469. The van der Waals surface area contributed by atoms with Gasteiger partial charge in [0.2, 0.25) is 0 Å². The van der Waals surface area contributed by atoms with Crippen LogP contribution in [0.2, 0.25) is 0 Å². The van der Waals surface area contributed by atoms with Crippen molar-refractivity contribution >= 4 is 28.2 Å². The summed E-state index contributed by atoms with van der Waals surface area (Å²) >= 11 is 0. The van der Waals surface area contributed by atoms with Crippen LogP contribution in [0.3, 0.4) is 0 Å². The minimum Gasteiger partial charge on any atom is -0.469 e. The Balaban J connectivity index is 1.50. The summed E-state index contributed by atoms with van der Waals surface area (Å²) in [6, 6.07) is 23.0. The van der Waals surface area contributed by atoms with Crippen molar-refractivity contribution in [2.75, 3.05) is 24.3 Å². The molecule has 0 atom stereocenters. The van der Waals surface area contributed by atoms with E-state index in [0.717, 1.165) is 52.5 Å². The largest absolute Gasteiger partial charge is 0.469 e. The molecule has 0 saturated heterocycles. The average molecular weight is 424 g/mol. The lowest BCUT2D eigenvalue weighted by Crippen LogP contribution is -2.21. The highest BCUT2D eigenvalue weighted by molar-refractivity contribution is 6.01. The Labute approximate surface area is 187 Å². The van der Waals surface area contributed by atoms with Gasteiger partial charge in [-0.2, -0.15) is 0 Å². The smallest absolute Gasteiger partial charge is 0.309 e. The molecule has 5 heteroatoms. The molecule has 1 aromatic heterocycles. The fourth-order valence-electron chi connectivity index (χ4n) is 4.58. The molecule has 32 heavy (non-hydrogen) atoms. The Morgan fingerprint density at radius 1 is 1.03 bits per heavy atom. The second-order valence-corrected chi connectivity index (χ2v) is 8.13. The number of nitrogens with two attached hydrogens (primary N) is 1. The monoisotopic (exact) mass is 423 g/mol. The topological polar surface area (TPSA) is 68.5 Å². The molecule has 2 heterocycles. The predicted molar refractivity (Wildman–Crippen MR) is 129 cm³/mol. The molecule has 5 nitrogen and oxygen atoms in total. The van der Waals surface area contributed by atoms with Crippen LogP contribution in [-0.2, 0) is 28.9 Å². The molecule has 5 rings (SSSR count). The number of benzene rings is 3. The number of esters is 1. The van der Waals surface area contributed by atoms with E-state index >= 15 is 0 Å². The van der Waals surface area contributed by atoms with Gasteiger partial charge >= 0.3 is 5.97 Å². The highest BCUT2D eigenvalue weighted by atomic mass is 16.5. The van der Waals surface area contributed by atoms with Crippen LogP contribution < -0.4 is 10.6 Å². The molecule has 1 aliphatic heterocycles. The number of fused-ring (bicyclic) bond motifs is 2. The molecule has 1 aliphatic rings. The molecule has 160 valence electrons. The maximum absolute atomic E-state index is 11.9.